The molecule has 1 N–H and O–H groups in total. The molecule has 102 valence electrons. The van der Waals surface area contributed by atoms with Crippen molar-refractivity contribution < 1.29 is 9.13 Å². The third kappa shape index (κ3) is 3.29. The third-order valence-electron chi connectivity index (χ3n) is 2.91. The zero-order chi connectivity index (χ0) is 13.7. The van der Waals surface area contributed by atoms with E-state index >= 15 is 0 Å². The van der Waals surface area contributed by atoms with Crippen molar-refractivity contribution in [3.63, 3.8) is 0 Å². The van der Waals surface area contributed by atoms with Crippen molar-refractivity contribution in [1.82, 2.24) is 20.1 Å². The number of halogens is 1. The van der Waals surface area contributed by atoms with Gasteiger partial charge >= 0.3 is 0 Å². The molecule has 5 nitrogen and oxygen atoms in total. The molecule has 0 amide bonds. The van der Waals surface area contributed by atoms with E-state index in [1.165, 1.54) is 7.11 Å². The Kier molecular flexibility index (Phi) is 4.46. The Morgan fingerprint density at radius 1 is 1.42 bits per heavy atom. The Hall–Kier alpha value is -1.95. The third-order valence-corrected chi connectivity index (χ3v) is 2.91. The number of methoxy groups -OCH3 is 1. The first-order valence-electron chi connectivity index (χ1n) is 6.07. The molecule has 1 heterocycles. The minimum atomic E-state index is -0.309. The first kappa shape index (κ1) is 13.5. The van der Waals surface area contributed by atoms with Crippen molar-refractivity contribution in [3.8, 4) is 5.75 Å². The van der Waals surface area contributed by atoms with Crippen molar-refractivity contribution >= 4 is 0 Å². The molecule has 0 fully saturated rings. The predicted octanol–water partition coefficient (Wildman–Crippen LogP) is 1.30. The summed E-state index contributed by atoms with van der Waals surface area (Å²) >= 11 is 0. The second-order valence-electron chi connectivity index (χ2n) is 4.22. The van der Waals surface area contributed by atoms with Gasteiger partial charge < -0.3 is 14.6 Å². The molecule has 0 aliphatic rings. The number of hydrogen-bond acceptors (Lipinski definition) is 4. The van der Waals surface area contributed by atoms with Crippen molar-refractivity contribution in [2.24, 2.45) is 7.05 Å². The van der Waals surface area contributed by atoms with Crippen molar-refractivity contribution in [1.29, 1.82) is 0 Å². The maximum atomic E-state index is 13.8. The standard InChI is InChI=1S/C13H17FN4O/c1-18-9-16-17-12(18)6-7-15-8-10-4-3-5-11(19-2)13(10)14/h3-5,9,15H,6-8H2,1-2H3. The van der Waals surface area contributed by atoms with Crippen LogP contribution in [0.1, 0.15) is 11.4 Å². The fourth-order valence-corrected chi connectivity index (χ4v) is 1.81. The lowest BCUT2D eigenvalue weighted by molar-refractivity contribution is 0.383. The summed E-state index contributed by atoms with van der Waals surface area (Å²) in [4.78, 5) is 0. The van der Waals surface area contributed by atoms with Crippen LogP contribution < -0.4 is 10.1 Å². The van der Waals surface area contributed by atoms with Crippen LogP contribution in [0.4, 0.5) is 4.39 Å². The molecule has 0 spiro atoms. The fraction of sp³-hybridized carbons (Fsp3) is 0.385. The zero-order valence-corrected chi connectivity index (χ0v) is 11.1. The summed E-state index contributed by atoms with van der Waals surface area (Å²) in [5.41, 5.74) is 0.595. The number of aryl methyl sites for hydroxylation is 1. The summed E-state index contributed by atoms with van der Waals surface area (Å²) in [5, 5.41) is 11.0. The molecule has 2 rings (SSSR count). The number of aromatic nitrogens is 3. The molecule has 1 aromatic carbocycles. The second-order valence-corrected chi connectivity index (χ2v) is 4.22. The second kappa shape index (κ2) is 6.29. The number of rotatable bonds is 6. The maximum Gasteiger partial charge on any atom is 0.169 e. The van der Waals surface area contributed by atoms with Gasteiger partial charge in [-0.05, 0) is 6.07 Å². The van der Waals surface area contributed by atoms with Crippen LogP contribution in [0.3, 0.4) is 0 Å². The first-order chi connectivity index (χ1) is 9.22. The summed E-state index contributed by atoms with van der Waals surface area (Å²) in [6.45, 7) is 1.17. The highest BCUT2D eigenvalue weighted by molar-refractivity contribution is 5.30. The van der Waals surface area contributed by atoms with Crippen LogP contribution in [0.5, 0.6) is 5.75 Å². The van der Waals surface area contributed by atoms with Gasteiger partial charge in [0.15, 0.2) is 11.6 Å². The average molecular weight is 264 g/mol. The monoisotopic (exact) mass is 264 g/mol. The van der Waals surface area contributed by atoms with Gasteiger partial charge in [-0.15, -0.1) is 10.2 Å². The van der Waals surface area contributed by atoms with E-state index in [-0.39, 0.29) is 11.6 Å². The molecule has 0 saturated heterocycles. The highest BCUT2D eigenvalue weighted by Gasteiger charge is 2.07. The largest absolute Gasteiger partial charge is 0.494 e. The lowest BCUT2D eigenvalue weighted by Gasteiger charge is -2.08. The maximum absolute atomic E-state index is 13.8. The Morgan fingerprint density at radius 2 is 2.26 bits per heavy atom. The van der Waals surface area contributed by atoms with E-state index in [1.54, 1.807) is 24.5 Å². The smallest absolute Gasteiger partial charge is 0.169 e. The van der Waals surface area contributed by atoms with Crippen LogP contribution in [-0.4, -0.2) is 28.4 Å². The van der Waals surface area contributed by atoms with Crippen molar-refractivity contribution in [3.05, 3.63) is 41.7 Å². The highest BCUT2D eigenvalue weighted by Crippen LogP contribution is 2.19. The van der Waals surface area contributed by atoms with E-state index in [4.69, 9.17) is 4.74 Å². The molecule has 0 radical (unpaired) electrons. The van der Waals surface area contributed by atoms with Gasteiger partial charge in [-0.1, -0.05) is 12.1 Å². The Balaban J connectivity index is 1.85. The SMILES string of the molecule is COc1cccc(CNCCc2nncn2C)c1F. The Morgan fingerprint density at radius 3 is 2.95 bits per heavy atom. The van der Waals surface area contributed by atoms with Gasteiger partial charge in [0.1, 0.15) is 12.2 Å². The molecule has 0 atom stereocenters. The Labute approximate surface area is 111 Å². The molecule has 0 aliphatic heterocycles. The lowest BCUT2D eigenvalue weighted by Crippen LogP contribution is -2.19. The van der Waals surface area contributed by atoms with Crippen LogP contribution in [0.2, 0.25) is 0 Å². The molecule has 0 bridgehead atoms. The zero-order valence-electron chi connectivity index (χ0n) is 11.1. The lowest BCUT2D eigenvalue weighted by atomic mass is 10.2. The quantitative estimate of drug-likeness (QED) is 0.799. The van der Waals surface area contributed by atoms with E-state index in [1.807, 2.05) is 11.6 Å². The molecule has 0 aliphatic carbocycles. The minimum absolute atomic E-state index is 0.271. The molecule has 0 saturated carbocycles. The number of benzene rings is 1. The topological polar surface area (TPSA) is 52.0 Å². The molecule has 0 unspecified atom stereocenters. The van der Waals surface area contributed by atoms with E-state index in [2.05, 4.69) is 15.5 Å². The van der Waals surface area contributed by atoms with E-state index in [0.29, 0.717) is 18.7 Å². The summed E-state index contributed by atoms with van der Waals surface area (Å²) in [6, 6.07) is 5.13. The number of ether oxygens (including phenoxy) is 1. The first-order valence-corrected chi connectivity index (χ1v) is 6.07. The van der Waals surface area contributed by atoms with Crippen LogP contribution in [-0.2, 0) is 20.0 Å². The van der Waals surface area contributed by atoms with Gasteiger partial charge in [0.25, 0.3) is 0 Å². The van der Waals surface area contributed by atoms with Gasteiger partial charge in [0, 0.05) is 32.1 Å². The molecule has 1 aromatic heterocycles. The summed E-state index contributed by atoms with van der Waals surface area (Å²) in [7, 11) is 3.36. The van der Waals surface area contributed by atoms with E-state index in [9.17, 15) is 4.39 Å². The number of nitrogens with one attached hydrogen (secondary N) is 1. The van der Waals surface area contributed by atoms with E-state index < -0.39 is 0 Å². The van der Waals surface area contributed by atoms with Crippen LogP contribution >= 0.6 is 0 Å². The van der Waals surface area contributed by atoms with Crippen LogP contribution in [0.15, 0.2) is 24.5 Å². The van der Waals surface area contributed by atoms with Crippen molar-refractivity contribution in [2.75, 3.05) is 13.7 Å². The van der Waals surface area contributed by atoms with Gasteiger partial charge in [-0.2, -0.15) is 0 Å². The summed E-state index contributed by atoms with van der Waals surface area (Å²) in [6.07, 6.45) is 2.42. The fourth-order valence-electron chi connectivity index (χ4n) is 1.81. The normalized spacial score (nSPS) is 10.7. The molecule has 2 aromatic rings. The van der Waals surface area contributed by atoms with Gasteiger partial charge in [0.2, 0.25) is 0 Å². The van der Waals surface area contributed by atoms with Crippen molar-refractivity contribution in [2.45, 2.75) is 13.0 Å². The average Bonchev–Trinajstić information content (AvgIpc) is 2.82. The van der Waals surface area contributed by atoms with Gasteiger partial charge in [0.05, 0.1) is 7.11 Å². The molecule has 19 heavy (non-hydrogen) atoms. The number of hydrogen-bond donors (Lipinski definition) is 1. The van der Waals surface area contributed by atoms with Crippen LogP contribution in [0, 0.1) is 5.82 Å². The Bertz CT molecular complexity index is 541. The van der Waals surface area contributed by atoms with Gasteiger partial charge in [-0.3, -0.25) is 0 Å². The van der Waals surface area contributed by atoms with Gasteiger partial charge in [-0.25, -0.2) is 4.39 Å². The molecular weight excluding hydrogens is 247 g/mol. The van der Waals surface area contributed by atoms with Crippen LogP contribution in [0.25, 0.3) is 0 Å². The molecular formula is C13H17FN4O. The number of nitrogens with zero attached hydrogens (tertiary/aromatic N) is 3. The minimum Gasteiger partial charge on any atom is -0.494 e. The predicted molar refractivity (Wildman–Crippen MR) is 69.4 cm³/mol. The summed E-state index contributed by atoms with van der Waals surface area (Å²) < 4.78 is 20.7. The summed E-state index contributed by atoms with van der Waals surface area (Å²) in [5.74, 6) is 0.863. The van der Waals surface area contributed by atoms with E-state index in [0.717, 1.165) is 12.2 Å². The highest BCUT2D eigenvalue weighted by atomic mass is 19.1. The molecule has 6 heteroatoms.